The molecule has 154 valence electrons. The van der Waals surface area contributed by atoms with Crippen LogP contribution in [0.3, 0.4) is 0 Å². The number of fused-ring (bicyclic) bond motifs is 2. The molecule has 0 radical (unpaired) electrons. The molecule has 0 spiro atoms. The van der Waals surface area contributed by atoms with Crippen molar-refractivity contribution >= 4 is 0 Å². The van der Waals surface area contributed by atoms with Gasteiger partial charge < -0.3 is 0 Å². The van der Waals surface area contributed by atoms with Crippen molar-refractivity contribution in [3.8, 4) is 0 Å². The fourth-order valence-corrected chi connectivity index (χ4v) is 6.81. The second kappa shape index (κ2) is 9.64. The molecule has 2 saturated carbocycles. The zero-order chi connectivity index (χ0) is 19.3. The van der Waals surface area contributed by atoms with Crippen molar-refractivity contribution in [2.45, 2.75) is 103 Å². The van der Waals surface area contributed by atoms with Gasteiger partial charge in [0.25, 0.3) is 0 Å². The van der Waals surface area contributed by atoms with Crippen molar-refractivity contribution in [2.24, 2.45) is 23.7 Å². The van der Waals surface area contributed by atoms with E-state index in [-0.39, 0.29) is 0 Å². The highest BCUT2D eigenvalue weighted by Crippen LogP contribution is 2.48. The summed E-state index contributed by atoms with van der Waals surface area (Å²) >= 11 is 0. The van der Waals surface area contributed by atoms with Gasteiger partial charge in [0.1, 0.15) is 0 Å². The smallest absolute Gasteiger partial charge is 0.0159 e. The van der Waals surface area contributed by atoms with Gasteiger partial charge in [0.15, 0.2) is 0 Å². The van der Waals surface area contributed by atoms with Crippen molar-refractivity contribution < 1.29 is 0 Å². The Balaban J connectivity index is 1.34. The summed E-state index contributed by atoms with van der Waals surface area (Å²) in [6.45, 7) is 4.49. The fourth-order valence-electron chi connectivity index (χ4n) is 6.81. The average molecular weight is 379 g/mol. The van der Waals surface area contributed by atoms with E-state index >= 15 is 0 Å². The highest BCUT2D eigenvalue weighted by Gasteiger charge is 2.36. The Hall–Kier alpha value is -1.04. The predicted molar refractivity (Wildman–Crippen MR) is 122 cm³/mol. The van der Waals surface area contributed by atoms with Gasteiger partial charge in [-0.1, -0.05) is 56.5 Å². The van der Waals surface area contributed by atoms with Gasteiger partial charge in [-0.3, -0.25) is 0 Å². The number of hydrogen-bond donors (Lipinski definition) is 0. The molecule has 0 aliphatic heterocycles. The van der Waals surface area contributed by atoms with Crippen LogP contribution in [0.25, 0.3) is 0 Å². The standard InChI is InChI=1S/C28H42/c1-3-5-6-8-22-10-12-26-20-28(16-14-24(26)18-22)27-15-13-23-17-21(7-4-2)9-11-25(23)19-27/h3,5,13,15,19,21-22,24,26,28H,4,6-12,14,16-18,20H2,1-2H3/b5-3+. The van der Waals surface area contributed by atoms with Crippen LogP contribution in [0.2, 0.25) is 0 Å². The van der Waals surface area contributed by atoms with Crippen molar-refractivity contribution in [3.05, 3.63) is 47.0 Å². The molecular formula is C28H42. The molecule has 0 amide bonds. The Labute approximate surface area is 174 Å². The van der Waals surface area contributed by atoms with Crippen LogP contribution < -0.4 is 0 Å². The number of benzene rings is 1. The Morgan fingerprint density at radius 3 is 2.61 bits per heavy atom. The van der Waals surface area contributed by atoms with Crippen LogP contribution in [0.5, 0.6) is 0 Å². The molecule has 2 fully saturated rings. The van der Waals surface area contributed by atoms with Crippen LogP contribution in [0, 0.1) is 23.7 Å². The van der Waals surface area contributed by atoms with E-state index < -0.39 is 0 Å². The van der Waals surface area contributed by atoms with Crippen molar-refractivity contribution in [2.75, 3.05) is 0 Å². The lowest BCUT2D eigenvalue weighted by molar-refractivity contribution is 0.115. The Morgan fingerprint density at radius 1 is 0.893 bits per heavy atom. The van der Waals surface area contributed by atoms with Gasteiger partial charge in [-0.05, 0) is 117 Å². The van der Waals surface area contributed by atoms with E-state index in [1.54, 1.807) is 16.7 Å². The monoisotopic (exact) mass is 378 g/mol. The highest BCUT2D eigenvalue weighted by atomic mass is 14.4. The summed E-state index contributed by atoms with van der Waals surface area (Å²) in [4.78, 5) is 0. The van der Waals surface area contributed by atoms with E-state index in [1.807, 2.05) is 0 Å². The molecule has 0 bridgehead atoms. The lowest BCUT2D eigenvalue weighted by Gasteiger charge is -2.42. The van der Waals surface area contributed by atoms with Crippen LogP contribution in [-0.2, 0) is 12.8 Å². The summed E-state index contributed by atoms with van der Waals surface area (Å²) in [5.41, 5.74) is 5.05. The zero-order valence-corrected chi connectivity index (χ0v) is 18.5. The molecule has 0 aromatic heterocycles. The van der Waals surface area contributed by atoms with E-state index in [0.29, 0.717) is 0 Å². The normalized spacial score (nSPS) is 32.9. The van der Waals surface area contributed by atoms with Crippen LogP contribution in [0.15, 0.2) is 30.4 Å². The van der Waals surface area contributed by atoms with Crippen molar-refractivity contribution in [1.82, 2.24) is 0 Å². The summed E-state index contributed by atoms with van der Waals surface area (Å²) in [5.74, 6) is 4.85. The van der Waals surface area contributed by atoms with E-state index in [2.05, 4.69) is 44.2 Å². The largest absolute Gasteiger partial charge is 0.0917 e. The molecule has 0 heterocycles. The van der Waals surface area contributed by atoms with Crippen LogP contribution in [0.1, 0.15) is 107 Å². The Kier molecular flexibility index (Phi) is 6.97. The van der Waals surface area contributed by atoms with E-state index in [1.165, 1.54) is 83.5 Å². The number of aryl methyl sites for hydroxylation is 1. The lowest BCUT2D eigenvalue weighted by Crippen LogP contribution is -2.30. The second-order valence-corrected chi connectivity index (χ2v) is 10.3. The average Bonchev–Trinajstić information content (AvgIpc) is 2.73. The Bertz CT molecular complexity index is 654. The zero-order valence-electron chi connectivity index (χ0n) is 18.5. The third-order valence-corrected chi connectivity index (χ3v) is 8.43. The molecule has 28 heavy (non-hydrogen) atoms. The third kappa shape index (κ3) is 4.74. The summed E-state index contributed by atoms with van der Waals surface area (Å²) < 4.78 is 0. The first kappa shape index (κ1) is 20.2. The predicted octanol–water partition coefficient (Wildman–Crippen LogP) is 8.25. The van der Waals surface area contributed by atoms with Gasteiger partial charge in [-0.25, -0.2) is 0 Å². The first-order chi connectivity index (χ1) is 13.8. The number of rotatable bonds is 6. The van der Waals surface area contributed by atoms with Gasteiger partial charge in [0.2, 0.25) is 0 Å². The first-order valence-corrected chi connectivity index (χ1v) is 12.5. The van der Waals surface area contributed by atoms with Gasteiger partial charge >= 0.3 is 0 Å². The molecule has 0 N–H and O–H groups in total. The van der Waals surface area contributed by atoms with Crippen LogP contribution in [0.4, 0.5) is 0 Å². The summed E-state index contributed by atoms with van der Waals surface area (Å²) in [7, 11) is 0. The Morgan fingerprint density at radius 2 is 1.75 bits per heavy atom. The van der Waals surface area contributed by atoms with Crippen LogP contribution in [-0.4, -0.2) is 0 Å². The first-order valence-electron chi connectivity index (χ1n) is 12.5. The molecule has 5 unspecified atom stereocenters. The second-order valence-electron chi connectivity index (χ2n) is 10.3. The van der Waals surface area contributed by atoms with Gasteiger partial charge in [-0.2, -0.15) is 0 Å². The molecule has 5 atom stereocenters. The molecular weight excluding hydrogens is 336 g/mol. The minimum atomic E-state index is 0.847. The molecule has 3 aliphatic carbocycles. The molecule has 1 aromatic rings. The molecule has 1 aromatic carbocycles. The van der Waals surface area contributed by atoms with Crippen molar-refractivity contribution in [3.63, 3.8) is 0 Å². The third-order valence-electron chi connectivity index (χ3n) is 8.43. The highest BCUT2D eigenvalue weighted by molar-refractivity contribution is 5.36. The summed E-state index contributed by atoms with van der Waals surface area (Å²) in [5, 5.41) is 0. The minimum Gasteiger partial charge on any atom is -0.0917 e. The molecule has 4 rings (SSSR count). The molecule has 3 aliphatic rings. The van der Waals surface area contributed by atoms with Gasteiger partial charge in [0, 0.05) is 0 Å². The molecule has 0 saturated heterocycles. The topological polar surface area (TPSA) is 0 Å². The summed E-state index contributed by atoms with van der Waals surface area (Å²) in [6.07, 6.45) is 23.1. The summed E-state index contributed by atoms with van der Waals surface area (Å²) in [6, 6.07) is 7.66. The van der Waals surface area contributed by atoms with Gasteiger partial charge in [-0.15, -0.1) is 0 Å². The maximum absolute atomic E-state index is 2.63. The van der Waals surface area contributed by atoms with E-state index in [4.69, 9.17) is 0 Å². The number of hydrogen-bond acceptors (Lipinski definition) is 0. The maximum atomic E-state index is 2.63. The maximum Gasteiger partial charge on any atom is -0.0159 e. The number of allylic oxidation sites excluding steroid dienone is 2. The van der Waals surface area contributed by atoms with Crippen LogP contribution >= 0.6 is 0 Å². The molecule has 0 nitrogen and oxygen atoms in total. The fraction of sp³-hybridized carbons (Fsp3) is 0.714. The lowest BCUT2D eigenvalue weighted by atomic mass is 9.63. The molecule has 0 heteroatoms. The van der Waals surface area contributed by atoms with E-state index in [9.17, 15) is 0 Å². The minimum absolute atomic E-state index is 0.847. The van der Waals surface area contributed by atoms with Crippen molar-refractivity contribution in [1.29, 1.82) is 0 Å². The quantitative estimate of drug-likeness (QED) is 0.437. The SMILES string of the molecule is C/C=C/CCC1CCC2CC(c3ccc4c(c3)CCC(CCC)C4)CCC2C1. The van der Waals surface area contributed by atoms with E-state index in [0.717, 1.165) is 29.6 Å². The van der Waals surface area contributed by atoms with Gasteiger partial charge in [0.05, 0.1) is 0 Å².